The highest BCUT2D eigenvalue weighted by molar-refractivity contribution is 7.92. The summed E-state index contributed by atoms with van der Waals surface area (Å²) in [6, 6.07) is 3.65. The summed E-state index contributed by atoms with van der Waals surface area (Å²) < 4.78 is 60.0. The molecule has 0 radical (unpaired) electrons. The van der Waals surface area contributed by atoms with Crippen molar-refractivity contribution in [3.63, 3.8) is 0 Å². The number of halogens is 4. The molecule has 0 unspecified atom stereocenters. The normalized spacial score (nSPS) is 12.6. The summed E-state index contributed by atoms with van der Waals surface area (Å²) in [7, 11) is -5.56. The van der Waals surface area contributed by atoms with E-state index in [2.05, 4.69) is 10.5 Å². The fourth-order valence-electron chi connectivity index (χ4n) is 1.15. The molecule has 1 aromatic carbocycles. The minimum atomic E-state index is -5.56. The van der Waals surface area contributed by atoms with E-state index in [-0.39, 0.29) is 10.7 Å². The van der Waals surface area contributed by atoms with Crippen LogP contribution in [-0.2, 0) is 9.84 Å². The van der Waals surface area contributed by atoms with Gasteiger partial charge in [0.15, 0.2) is 5.84 Å². The molecule has 1 aromatic rings. The van der Waals surface area contributed by atoms with Crippen LogP contribution in [0.3, 0.4) is 0 Å². The van der Waals surface area contributed by atoms with Crippen molar-refractivity contribution in [3.8, 4) is 6.07 Å². The molecule has 0 atom stereocenters. The predicted molar refractivity (Wildman–Crippen MR) is 73.3 cm³/mol. The number of benzene rings is 1. The Balaban J connectivity index is 3.29. The number of sulfone groups is 1. The fraction of sp³-hybridized carbons (Fsp3) is 0.100. The quantitative estimate of drug-likeness (QED) is 0.431. The molecule has 0 saturated heterocycles. The lowest BCUT2D eigenvalue weighted by atomic mass is 10.3. The van der Waals surface area contributed by atoms with Crippen LogP contribution < -0.4 is 11.2 Å². The lowest BCUT2D eigenvalue weighted by molar-refractivity contribution is -0.0435. The highest BCUT2D eigenvalue weighted by Crippen LogP contribution is 2.33. The summed E-state index contributed by atoms with van der Waals surface area (Å²) in [4.78, 5) is -1.05. The number of nitrogens with one attached hydrogen (secondary N) is 2. The zero-order chi connectivity index (χ0) is 17.1. The molecule has 1 rings (SSSR count). The average molecular weight is 354 g/mol. The van der Waals surface area contributed by atoms with Gasteiger partial charge < -0.3 is 5.73 Å². The number of hydrogen-bond donors (Lipinski definition) is 3. The third-order valence-corrected chi connectivity index (χ3v) is 4.02. The number of amidine groups is 1. The Labute approximate surface area is 127 Å². The first-order valence-electron chi connectivity index (χ1n) is 5.20. The third kappa shape index (κ3) is 3.66. The molecule has 0 spiro atoms. The van der Waals surface area contributed by atoms with Crippen LogP contribution in [-0.4, -0.2) is 25.5 Å². The van der Waals surface area contributed by atoms with Crippen LogP contribution in [0.5, 0.6) is 0 Å². The molecule has 0 bridgehead atoms. The first-order chi connectivity index (χ1) is 10.0. The van der Waals surface area contributed by atoms with Crippen molar-refractivity contribution in [2.75, 3.05) is 5.43 Å². The van der Waals surface area contributed by atoms with Gasteiger partial charge in [-0.05, 0) is 18.2 Å². The molecule has 0 aliphatic rings. The number of anilines is 1. The second-order valence-corrected chi connectivity index (χ2v) is 6.04. The van der Waals surface area contributed by atoms with E-state index in [0.717, 1.165) is 6.07 Å². The van der Waals surface area contributed by atoms with E-state index >= 15 is 0 Å². The van der Waals surface area contributed by atoms with E-state index in [1.165, 1.54) is 6.07 Å². The van der Waals surface area contributed by atoms with Crippen molar-refractivity contribution in [1.82, 2.24) is 0 Å². The van der Waals surface area contributed by atoms with Gasteiger partial charge in [-0.3, -0.25) is 10.8 Å². The molecule has 0 fully saturated rings. The van der Waals surface area contributed by atoms with Gasteiger partial charge in [-0.1, -0.05) is 11.6 Å². The summed E-state index contributed by atoms with van der Waals surface area (Å²) in [5, 5.41) is 18.8. The highest BCUT2D eigenvalue weighted by atomic mass is 35.5. The molecular formula is C10H7ClF3N5O2S. The molecule has 0 aliphatic carbocycles. The Kier molecular flexibility index (Phi) is 5.00. The van der Waals surface area contributed by atoms with Crippen LogP contribution in [0, 0.1) is 16.7 Å². The Morgan fingerprint density at radius 2 is 2.05 bits per heavy atom. The SMILES string of the molecule is N#C/C(=N\Nc1cc(S(=O)(=O)C(F)(F)F)ccc1Cl)C(=N)N. The van der Waals surface area contributed by atoms with E-state index in [9.17, 15) is 21.6 Å². The van der Waals surface area contributed by atoms with Crippen LogP contribution >= 0.6 is 11.6 Å². The predicted octanol–water partition coefficient (Wildman–Crippen LogP) is 1.86. The van der Waals surface area contributed by atoms with Gasteiger partial charge in [-0.25, -0.2) is 8.42 Å². The molecular weight excluding hydrogens is 347 g/mol. The molecule has 0 saturated carbocycles. The largest absolute Gasteiger partial charge is 0.501 e. The lowest BCUT2D eigenvalue weighted by Crippen LogP contribution is -2.23. The van der Waals surface area contributed by atoms with Gasteiger partial charge in [0, 0.05) is 0 Å². The third-order valence-electron chi connectivity index (χ3n) is 2.20. The second kappa shape index (κ2) is 6.20. The number of hydrazone groups is 1. The van der Waals surface area contributed by atoms with Crippen molar-refractivity contribution >= 4 is 38.7 Å². The summed E-state index contributed by atoms with van der Waals surface area (Å²) in [6.45, 7) is 0. The van der Waals surface area contributed by atoms with Crippen LogP contribution in [0.15, 0.2) is 28.2 Å². The zero-order valence-corrected chi connectivity index (χ0v) is 12.0. The zero-order valence-electron chi connectivity index (χ0n) is 10.4. The molecule has 22 heavy (non-hydrogen) atoms. The number of rotatable bonds is 4. The monoisotopic (exact) mass is 353 g/mol. The first kappa shape index (κ1) is 17.7. The van der Waals surface area contributed by atoms with E-state index in [1.54, 1.807) is 0 Å². The number of hydrogen-bond acceptors (Lipinski definition) is 6. The summed E-state index contributed by atoms with van der Waals surface area (Å²) in [5.74, 6) is -0.690. The molecule has 12 heteroatoms. The second-order valence-electron chi connectivity index (χ2n) is 3.69. The van der Waals surface area contributed by atoms with E-state index in [0.29, 0.717) is 12.1 Å². The topological polar surface area (TPSA) is 132 Å². The first-order valence-corrected chi connectivity index (χ1v) is 7.06. The minimum Gasteiger partial charge on any atom is -0.382 e. The molecule has 0 heterocycles. The van der Waals surface area contributed by atoms with Crippen LogP contribution in [0.2, 0.25) is 5.02 Å². The van der Waals surface area contributed by atoms with Gasteiger partial charge in [0.2, 0.25) is 5.71 Å². The summed E-state index contributed by atoms with van der Waals surface area (Å²) in [6.07, 6.45) is 0. The van der Waals surface area contributed by atoms with Crippen LogP contribution in [0.1, 0.15) is 0 Å². The maximum Gasteiger partial charge on any atom is 0.501 e. The molecule has 0 aromatic heterocycles. The molecule has 7 nitrogen and oxygen atoms in total. The average Bonchev–Trinajstić information content (AvgIpc) is 2.39. The molecule has 0 amide bonds. The maximum atomic E-state index is 12.5. The Hall–Kier alpha value is -2.32. The Morgan fingerprint density at radius 1 is 1.45 bits per heavy atom. The van der Waals surface area contributed by atoms with E-state index in [1.807, 2.05) is 0 Å². The number of nitriles is 1. The smallest absolute Gasteiger partial charge is 0.382 e. The van der Waals surface area contributed by atoms with Crippen molar-refractivity contribution < 1.29 is 21.6 Å². The summed E-state index contributed by atoms with van der Waals surface area (Å²) in [5.41, 5.74) is 0.774. The number of nitrogens with zero attached hydrogens (tertiary/aromatic N) is 2. The van der Waals surface area contributed by atoms with Crippen molar-refractivity contribution in [2.45, 2.75) is 10.4 Å². The Morgan fingerprint density at radius 3 is 2.50 bits per heavy atom. The van der Waals surface area contributed by atoms with Gasteiger partial charge in [0.25, 0.3) is 9.84 Å². The summed E-state index contributed by atoms with van der Waals surface area (Å²) >= 11 is 5.69. The number of nitrogens with two attached hydrogens (primary N) is 1. The standard InChI is InChI=1S/C10H7ClF3N5O2S/c11-6-2-1-5(22(20,21)10(12,13)14)3-7(6)18-19-8(4-15)9(16)17/h1-3,18H,(H3,16,17)/b19-8+. The van der Waals surface area contributed by atoms with E-state index < -0.39 is 31.8 Å². The Bertz CT molecular complexity index is 783. The van der Waals surface area contributed by atoms with Gasteiger partial charge in [0.1, 0.15) is 6.07 Å². The van der Waals surface area contributed by atoms with Crippen LogP contribution in [0.25, 0.3) is 0 Å². The molecule has 0 aliphatic heterocycles. The highest BCUT2D eigenvalue weighted by Gasteiger charge is 2.47. The van der Waals surface area contributed by atoms with Gasteiger partial charge in [0.05, 0.1) is 15.6 Å². The molecule has 118 valence electrons. The van der Waals surface area contributed by atoms with Crippen molar-refractivity contribution in [1.29, 1.82) is 10.7 Å². The number of alkyl halides is 3. The van der Waals surface area contributed by atoms with Gasteiger partial charge >= 0.3 is 5.51 Å². The molecule has 4 N–H and O–H groups in total. The van der Waals surface area contributed by atoms with E-state index in [4.69, 9.17) is 28.0 Å². The minimum absolute atomic E-state index is 0.147. The van der Waals surface area contributed by atoms with Crippen molar-refractivity contribution in [3.05, 3.63) is 23.2 Å². The van der Waals surface area contributed by atoms with Crippen LogP contribution in [0.4, 0.5) is 18.9 Å². The van der Waals surface area contributed by atoms with Crippen molar-refractivity contribution in [2.24, 2.45) is 10.8 Å². The lowest BCUT2D eigenvalue weighted by Gasteiger charge is -2.10. The van der Waals surface area contributed by atoms with Gasteiger partial charge in [-0.2, -0.15) is 23.5 Å². The van der Waals surface area contributed by atoms with Gasteiger partial charge in [-0.15, -0.1) is 0 Å². The maximum absolute atomic E-state index is 12.5. The fourth-order valence-corrected chi connectivity index (χ4v) is 2.10.